The van der Waals surface area contributed by atoms with Crippen molar-refractivity contribution in [1.29, 1.82) is 0 Å². The fourth-order valence-corrected chi connectivity index (χ4v) is 3.24. The molecule has 3 nitrogen and oxygen atoms in total. The van der Waals surface area contributed by atoms with E-state index in [4.69, 9.17) is 0 Å². The first kappa shape index (κ1) is 13.6. The number of nitrogens with one attached hydrogen (secondary N) is 1. The standard InChI is InChI=1S/C16H14INO2/c17-13-8-4-3-7-12(13)16(20)18-15-11-6-2-1-5-10(11)9-14(15)19/h1-8,14-15,19H,9H2,(H,18,20)/t14-,15+/m1/s1. The van der Waals surface area contributed by atoms with Crippen LogP contribution in [-0.4, -0.2) is 17.1 Å². The van der Waals surface area contributed by atoms with Crippen LogP contribution in [-0.2, 0) is 6.42 Å². The minimum absolute atomic E-state index is 0.143. The van der Waals surface area contributed by atoms with Crippen LogP contribution in [0.2, 0.25) is 0 Å². The number of carbonyl (C=O) groups is 1. The SMILES string of the molecule is O=C(N[C@H]1c2ccccc2C[C@H]1O)c1ccccc1I. The number of aliphatic hydroxyl groups is 1. The molecule has 102 valence electrons. The van der Waals surface area contributed by atoms with Gasteiger partial charge in [-0.2, -0.15) is 0 Å². The highest BCUT2D eigenvalue weighted by atomic mass is 127. The third-order valence-corrected chi connectivity index (χ3v) is 4.55. The summed E-state index contributed by atoms with van der Waals surface area (Å²) in [6, 6.07) is 15.0. The molecule has 0 unspecified atom stereocenters. The van der Waals surface area contributed by atoms with Gasteiger partial charge in [0.25, 0.3) is 5.91 Å². The van der Waals surface area contributed by atoms with Gasteiger partial charge in [-0.15, -0.1) is 0 Å². The Morgan fingerprint density at radius 2 is 1.85 bits per heavy atom. The minimum Gasteiger partial charge on any atom is -0.390 e. The molecule has 0 saturated heterocycles. The molecule has 1 amide bonds. The van der Waals surface area contributed by atoms with Gasteiger partial charge in [-0.05, 0) is 45.9 Å². The van der Waals surface area contributed by atoms with E-state index in [9.17, 15) is 9.90 Å². The Balaban J connectivity index is 1.85. The molecule has 0 aromatic heterocycles. The molecule has 4 heteroatoms. The van der Waals surface area contributed by atoms with Gasteiger partial charge in [-0.1, -0.05) is 36.4 Å². The lowest BCUT2D eigenvalue weighted by Crippen LogP contribution is -2.34. The molecule has 3 rings (SSSR count). The molecule has 0 spiro atoms. The van der Waals surface area contributed by atoms with E-state index in [0.29, 0.717) is 12.0 Å². The quantitative estimate of drug-likeness (QED) is 0.789. The zero-order chi connectivity index (χ0) is 14.1. The largest absolute Gasteiger partial charge is 0.390 e. The predicted octanol–water partition coefficient (Wildman–Crippen LogP) is 2.68. The Morgan fingerprint density at radius 1 is 1.15 bits per heavy atom. The molecular weight excluding hydrogens is 365 g/mol. The summed E-state index contributed by atoms with van der Waals surface area (Å²) < 4.78 is 0.906. The zero-order valence-electron chi connectivity index (χ0n) is 10.7. The van der Waals surface area contributed by atoms with Crippen LogP contribution in [0.25, 0.3) is 0 Å². The number of halogens is 1. The van der Waals surface area contributed by atoms with Crippen molar-refractivity contribution in [1.82, 2.24) is 5.32 Å². The Labute approximate surface area is 131 Å². The van der Waals surface area contributed by atoms with Crippen LogP contribution >= 0.6 is 22.6 Å². The number of amides is 1. The average Bonchev–Trinajstić information content (AvgIpc) is 2.76. The predicted molar refractivity (Wildman–Crippen MR) is 85.5 cm³/mol. The summed E-state index contributed by atoms with van der Waals surface area (Å²) in [6.07, 6.45) is 0.0326. The molecule has 2 aromatic rings. The van der Waals surface area contributed by atoms with Crippen LogP contribution in [0.4, 0.5) is 0 Å². The lowest BCUT2D eigenvalue weighted by molar-refractivity contribution is 0.0857. The molecule has 1 aliphatic carbocycles. The number of rotatable bonds is 2. The Morgan fingerprint density at radius 3 is 2.65 bits per heavy atom. The van der Waals surface area contributed by atoms with Gasteiger partial charge in [0.2, 0.25) is 0 Å². The lowest BCUT2D eigenvalue weighted by atomic mass is 10.1. The maximum Gasteiger partial charge on any atom is 0.252 e. The lowest BCUT2D eigenvalue weighted by Gasteiger charge is -2.18. The van der Waals surface area contributed by atoms with E-state index >= 15 is 0 Å². The monoisotopic (exact) mass is 379 g/mol. The number of hydrogen-bond donors (Lipinski definition) is 2. The van der Waals surface area contributed by atoms with Crippen molar-refractivity contribution in [3.63, 3.8) is 0 Å². The first-order valence-electron chi connectivity index (χ1n) is 6.48. The van der Waals surface area contributed by atoms with Crippen LogP contribution in [0.3, 0.4) is 0 Å². The third-order valence-electron chi connectivity index (χ3n) is 3.61. The zero-order valence-corrected chi connectivity index (χ0v) is 12.9. The van der Waals surface area contributed by atoms with Crippen molar-refractivity contribution in [2.45, 2.75) is 18.6 Å². The van der Waals surface area contributed by atoms with Crippen LogP contribution in [0.5, 0.6) is 0 Å². The van der Waals surface area contributed by atoms with Crippen molar-refractivity contribution in [2.75, 3.05) is 0 Å². The summed E-state index contributed by atoms with van der Waals surface area (Å²) in [7, 11) is 0. The Bertz CT molecular complexity index is 656. The second-order valence-corrected chi connectivity index (χ2v) is 6.06. The van der Waals surface area contributed by atoms with Crippen molar-refractivity contribution in [2.24, 2.45) is 0 Å². The van der Waals surface area contributed by atoms with Gasteiger partial charge in [0.15, 0.2) is 0 Å². The van der Waals surface area contributed by atoms with Gasteiger partial charge in [-0.3, -0.25) is 4.79 Å². The topological polar surface area (TPSA) is 49.3 Å². The van der Waals surface area contributed by atoms with E-state index in [-0.39, 0.29) is 11.9 Å². The highest BCUT2D eigenvalue weighted by molar-refractivity contribution is 14.1. The van der Waals surface area contributed by atoms with Crippen molar-refractivity contribution in [3.05, 3.63) is 68.8 Å². The number of carbonyl (C=O) groups excluding carboxylic acids is 1. The highest BCUT2D eigenvalue weighted by Crippen LogP contribution is 2.31. The van der Waals surface area contributed by atoms with Crippen LogP contribution < -0.4 is 5.32 Å². The molecule has 2 N–H and O–H groups in total. The molecule has 0 saturated carbocycles. The Kier molecular flexibility index (Phi) is 3.76. The molecule has 2 atom stereocenters. The fourth-order valence-electron chi connectivity index (χ4n) is 2.61. The van der Waals surface area contributed by atoms with Gasteiger partial charge < -0.3 is 10.4 Å². The molecular formula is C16H14INO2. The summed E-state index contributed by atoms with van der Waals surface area (Å²) in [4.78, 5) is 12.3. The molecule has 0 fully saturated rings. The number of benzene rings is 2. The van der Waals surface area contributed by atoms with E-state index in [0.717, 1.165) is 14.7 Å². The summed E-state index contributed by atoms with van der Waals surface area (Å²) in [5.74, 6) is -0.143. The van der Waals surface area contributed by atoms with Gasteiger partial charge in [0, 0.05) is 9.99 Å². The van der Waals surface area contributed by atoms with Crippen molar-refractivity contribution < 1.29 is 9.90 Å². The molecule has 1 aliphatic rings. The number of hydrogen-bond acceptors (Lipinski definition) is 2. The summed E-state index contributed by atoms with van der Waals surface area (Å²) in [5.41, 5.74) is 2.76. The average molecular weight is 379 g/mol. The molecule has 2 aromatic carbocycles. The minimum atomic E-state index is -0.558. The van der Waals surface area contributed by atoms with Gasteiger partial charge in [0.05, 0.1) is 17.7 Å². The normalized spacial score (nSPS) is 20.5. The summed E-state index contributed by atoms with van der Waals surface area (Å²) >= 11 is 2.14. The van der Waals surface area contributed by atoms with E-state index in [1.807, 2.05) is 42.5 Å². The molecule has 0 radical (unpaired) electrons. The molecule has 0 heterocycles. The second kappa shape index (κ2) is 5.54. The third kappa shape index (κ3) is 2.45. The maximum atomic E-state index is 12.3. The van der Waals surface area contributed by atoms with E-state index in [1.54, 1.807) is 6.07 Å². The van der Waals surface area contributed by atoms with Gasteiger partial charge in [-0.25, -0.2) is 0 Å². The first-order chi connectivity index (χ1) is 9.66. The summed E-state index contributed by atoms with van der Waals surface area (Å²) in [6.45, 7) is 0. The molecule has 0 bridgehead atoms. The molecule has 0 aliphatic heterocycles. The first-order valence-corrected chi connectivity index (χ1v) is 7.56. The maximum absolute atomic E-state index is 12.3. The van der Waals surface area contributed by atoms with Crippen molar-refractivity contribution in [3.8, 4) is 0 Å². The number of fused-ring (bicyclic) bond motifs is 1. The molecule has 20 heavy (non-hydrogen) atoms. The highest BCUT2D eigenvalue weighted by Gasteiger charge is 2.32. The van der Waals surface area contributed by atoms with E-state index in [1.165, 1.54) is 0 Å². The van der Waals surface area contributed by atoms with Crippen molar-refractivity contribution >= 4 is 28.5 Å². The van der Waals surface area contributed by atoms with Crippen LogP contribution in [0.1, 0.15) is 27.5 Å². The van der Waals surface area contributed by atoms with Crippen LogP contribution in [0, 0.1) is 3.57 Å². The smallest absolute Gasteiger partial charge is 0.252 e. The van der Waals surface area contributed by atoms with Crippen LogP contribution in [0.15, 0.2) is 48.5 Å². The second-order valence-electron chi connectivity index (χ2n) is 4.90. The number of aliphatic hydroxyl groups excluding tert-OH is 1. The van der Waals surface area contributed by atoms with E-state index in [2.05, 4.69) is 27.9 Å². The van der Waals surface area contributed by atoms with Gasteiger partial charge in [0.1, 0.15) is 0 Å². The van der Waals surface area contributed by atoms with Gasteiger partial charge >= 0.3 is 0 Å². The summed E-state index contributed by atoms with van der Waals surface area (Å²) in [5, 5.41) is 13.1. The fraction of sp³-hybridized carbons (Fsp3) is 0.188. The Hall–Kier alpha value is -1.40. The van der Waals surface area contributed by atoms with E-state index < -0.39 is 6.10 Å².